The molecule has 118 valence electrons. The van der Waals surface area contributed by atoms with Crippen LogP contribution >= 0.6 is 11.3 Å². The lowest BCUT2D eigenvalue weighted by atomic mass is 10.1. The number of nitrogens with zero attached hydrogens (tertiary/aromatic N) is 1. The van der Waals surface area contributed by atoms with Crippen LogP contribution in [0.5, 0.6) is 0 Å². The lowest BCUT2D eigenvalue weighted by Gasteiger charge is -2.24. The van der Waals surface area contributed by atoms with Crippen LogP contribution in [0.4, 0.5) is 0 Å². The second-order valence-corrected chi connectivity index (χ2v) is 7.42. The summed E-state index contributed by atoms with van der Waals surface area (Å²) in [6, 6.07) is 1.95. The summed E-state index contributed by atoms with van der Waals surface area (Å²) < 4.78 is 0. The third-order valence-corrected chi connectivity index (χ3v) is 4.21. The summed E-state index contributed by atoms with van der Waals surface area (Å²) in [5.74, 6) is -0.184. The summed E-state index contributed by atoms with van der Waals surface area (Å²) in [6.45, 7) is 12.4. The molecule has 1 N–H and O–H groups in total. The van der Waals surface area contributed by atoms with Gasteiger partial charge in [0.1, 0.15) is 0 Å². The van der Waals surface area contributed by atoms with Gasteiger partial charge in [0, 0.05) is 17.0 Å². The molecule has 1 aromatic rings. The van der Waals surface area contributed by atoms with E-state index in [1.165, 1.54) is 21.8 Å². The number of carbonyl (C=O) groups excluding carboxylic acids is 2. The Labute approximate surface area is 131 Å². The minimum Gasteiger partial charge on any atom is -0.350 e. The molecule has 4 nitrogen and oxygen atoms in total. The fourth-order valence-electron chi connectivity index (χ4n) is 2.09. The molecule has 0 aliphatic heterocycles. The maximum atomic E-state index is 12.5. The predicted octanol–water partition coefficient (Wildman–Crippen LogP) is 3.00. The van der Waals surface area contributed by atoms with Crippen molar-refractivity contribution >= 4 is 23.2 Å². The van der Waals surface area contributed by atoms with E-state index in [0.717, 1.165) is 11.3 Å². The Hall–Kier alpha value is -1.36. The Morgan fingerprint density at radius 2 is 1.90 bits per heavy atom. The number of thiophene rings is 1. The Bertz CT molecular complexity index is 515. The molecular weight excluding hydrogens is 284 g/mol. The Morgan fingerprint density at radius 3 is 2.33 bits per heavy atom. The molecule has 0 aliphatic rings. The zero-order chi connectivity index (χ0) is 16.2. The summed E-state index contributed by atoms with van der Waals surface area (Å²) >= 11 is 1.51. The number of carbonyl (C=O) groups is 2. The van der Waals surface area contributed by atoms with Crippen LogP contribution in [0.2, 0.25) is 0 Å². The van der Waals surface area contributed by atoms with Gasteiger partial charge in [0.25, 0.3) is 5.91 Å². The zero-order valence-corrected chi connectivity index (χ0v) is 14.7. The van der Waals surface area contributed by atoms with Crippen LogP contribution < -0.4 is 5.32 Å². The maximum absolute atomic E-state index is 12.5. The molecule has 0 saturated heterocycles. The molecule has 5 heteroatoms. The highest BCUT2D eigenvalue weighted by Gasteiger charge is 2.22. The monoisotopic (exact) mass is 310 g/mol. The average molecular weight is 310 g/mol. The molecule has 0 radical (unpaired) electrons. The van der Waals surface area contributed by atoms with Crippen molar-refractivity contribution in [2.24, 2.45) is 0 Å². The first kappa shape index (κ1) is 17.7. The van der Waals surface area contributed by atoms with Gasteiger partial charge in [-0.15, -0.1) is 11.3 Å². The highest BCUT2D eigenvalue weighted by atomic mass is 32.1. The summed E-state index contributed by atoms with van der Waals surface area (Å²) in [6.07, 6.45) is 0.923. The fourth-order valence-corrected chi connectivity index (χ4v) is 3.17. The van der Waals surface area contributed by atoms with Crippen LogP contribution in [0.15, 0.2) is 6.07 Å². The van der Waals surface area contributed by atoms with Crippen molar-refractivity contribution in [3.05, 3.63) is 21.4 Å². The van der Waals surface area contributed by atoms with E-state index in [2.05, 4.69) is 12.2 Å². The van der Waals surface area contributed by atoms with E-state index in [4.69, 9.17) is 0 Å². The van der Waals surface area contributed by atoms with Gasteiger partial charge in [-0.25, -0.2) is 0 Å². The summed E-state index contributed by atoms with van der Waals surface area (Å²) in [5.41, 5.74) is 0.924. The Kier molecular flexibility index (Phi) is 5.96. The van der Waals surface area contributed by atoms with Gasteiger partial charge in [-0.05, 0) is 52.7 Å². The van der Waals surface area contributed by atoms with Crippen LogP contribution in [0.25, 0.3) is 0 Å². The van der Waals surface area contributed by atoms with Gasteiger partial charge in [0.05, 0.1) is 11.4 Å². The van der Waals surface area contributed by atoms with E-state index < -0.39 is 0 Å². The molecule has 0 unspecified atom stereocenters. The fraction of sp³-hybridized carbons (Fsp3) is 0.625. The van der Waals surface area contributed by atoms with E-state index in [1.54, 1.807) is 4.90 Å². The number of amides is 2. The average Bonchev–Trinajstić information content (AvgIpc) is 2.74. The number of rotatable bonds is 5. The van der Waals surface area contributed by atoms with Gasteiger partial charge < -0.3 is 10.2 Å². The molecule has 1 rings (SSSR count). The highest BCUT2D eigenvalue weighted by Crippen LogP contribution is 2.23. The predicted molar refractivity (Wildman–Crippen MR) is 87.9 cm³/mol. The largest absolute Gasteiger partial charge is 0.350 e. The molecular formula is C16H26N2O2S. The van der Waals surface area contributed by atoms with E-state index in [-0.39, 0.29) is 23.9 Å². The third-order valence-electron chi connectivity index (χ3n) is 3.13. The van der Waals surface area contributed by atoms with E-state index in [9.17, 15) is 9.59 Å². The third kappa shape index (κ3) is 5.16. The van der Waals surface area contributed by atoms with E-state index >= 15 is 0 Å². The van der Waals surface area contributed by atoms with Gasteiger partial charge in [-0.2, -0.15) is 0 Å². The van der Waals surface area contributed by atoms with E-state index in [0.29, 0.717) is 6.54 Å². The van der Waals surface area contributed by atoms with Crippen molar-refractivity contribution in [1.29, 1.82) is 0 Å². The molecule has 1 heterocycles. The normalized spacial score (nSPS) is 11.3. The summed E-state index contributed by atoms with van der Waals surface area (Å²) in [7, 11) is 0. The van der Waals surface area contributed by atoms with Crippen LogP contribution in [-0.2, 0) is 11.2 Å². The highest BCUT2D eigenvalue weighted by molar-refractivity contribution is 7.14. The van der Waals surface area contributed by atoms with Gasteiger partial charge in [0.2, 0.25) is 5.91 Å². The Balaban J connectivity index is 2.79. The van der Waals surface area contributed by atoms with Crippen molar-refractivity contribution in [1.82, 2.24) is 10.2 Å². The van der Waals surface area contributed by atoms with Crippen LogP contribution in [0.3, 0.4) is 0 Å². The van der Waals surface area contributed by atoms with Gasteiger partial charge in [-0.1, -0.05) is 6.92 Å². The first-order chi connectivity index (χ1) is 9.67. The van der Waals surface area contributed by atoms with Crippen molar-refractivity contribution in [3.63, 3.8) is 0 Å². The van der Waals surface area contributed by atoms with Crippen molar-refractivity contribution < 1.29 is 9.59 Å². The summed E-state index contributed by atoms with van der Waals surface area (Å²) in [4.78, 5) is 28.0. The zero-order valence-electron chi connectivity index (χ0n) is 13.9. The number of aryl methyl sites for hydroxylation is 2. The quantitative estimate of drug-likeness (QED) is 0.909. The van der Waals surface area contributed by atoms with Crippen molar-refractivity contribution in [2.75, 3.05) is 13.1 Å². The number of nitrogens with one attached hydrogen (secondary N) is 1. The first-order valence-corrected chi connectivity index (χ1v) is 8.19. The van der Waals surface area contributed by atoms with E-state index in [1.807, 2.05) is 40.7 Å². The molecule has 0 bridgehead atoms. The number of hydrogen-bond donors (Lipinski definition) is 1. The first-order valence-electron chi connectivity index (χ1n) is 7.37. The molecule has 2 amide bonds. The number of hydrogen-bond acceptors (Lipinski definition) is 3. The minimum atomic E-state index is -0.283. The molecule has 0 saturated carbocycles. The molecule has 0 aliphatic carbocycles. The van der Waals surface area contributed by atoms with Crippen molar-refractivity contribution in [3.8, 4) is 0 Å². The number of likely N-dealkylation sites (N-methyl/N-ethyl adjacent to an activating group) is 1. The van der Waals surface area contributed by atoms with Gasteiger partial charge in [-0.3, -0.25) is 9.59 Å². The standard InChI is InChI=1S/C16H26N2O2S/c1-7-12-9-13(21-11(12)3)15(20)18(8-2)10-14(19)17-16(4,5)6/h9H,7-8,10H2,1-6H3,(H,17,19). The van der Waals surface area contributed by atoms with Crippen LogP contribution in [0, 0.1) is 6.92 Å². The molecule has 0 aromatic carbocycles. The van der Waals surface area contributed by atoms with Gasteiger partial charge in [0.15, 0.2) is 0 Å². The second-order valence-electron chi connectivity index (χ2n) is 6.16. The second kappa shape index (κ2) is 7.07. The molecule has 0 fully saturated rings. The molecule has 21 heavy (non-hydrogen) atoms. The van der Waals surface area contributed by atoms with Crippen LogP contribution in [-0.4, -0.2) is 35.3 Å². The SMILES string of the molecule is CCc1cc(C(=O)N(CC)CC(=O)NC(C)(C)C)sc1C. The molecule has 1 aromatic heterocycles. The maximum Gasteiger partial charge on any atom is 0.264 e. The van der Waals surface area contributed by atoms with Crippen molar-refractivity contribution in [2.45, 2.75) is 53.5 Å². The summed E-state index contributed by atoms with van der Waals surface area (Å²) in [5, 5.41) is 2.89. The lowest BCUT2D eigenvalue weighted by molar-refractivity contribution is -0.123. The lowest BCUT2D eigenvalue weighted by Crippen LogP contribution is -2.47. The Morgan fingerprint density at radius 1 is 1.29 bits per heavy atom. The minimum absolute atomic E-state index is 0.0608. The smallest absolute Gasteiger partial charge is 0.264 e. The molecule has 0 spiro atoms. The molecule has 0 atom stereocenters. The van der Waals surface area contributed by atoms with Crippen LogP contribution in [0.1, 0.15) is 54.7 Å². The van der Waals surface area contributed by atoms with Gasteiger partial charge >= 0.3 is 0 Å². The topological polar surface area (TPSA) is 49.4 Å².